The minimum Gasteiger partial charge on any atom is -0.376 e. The first-order valence-electron chi connectivity index (χ1n) is 18.9. The molecule has 49 heavy (non-hydrogen) atoms. The van der Waals surface area contributed by atoms with Crippen LogP contribution in [-0.4, -0.2) is 96.4 Å². The van der Waals surface area contributed by atoms with E-state index in [0.717, 1.165) is 56.0 Å². The number of amides is 2. The summed E-state index contributed by atoms with van der Waals surface area (Å²) >= 11 is 0. The summed E-state index contributed by atoms with van der Waals surface area (Å²) in [7, 11) is 1.90. The molecular weight excluding hydrogens is 608 g/mol. The summed E-state index contributed by atoms with van der Waals surface area (Å²) in [6, 6.07) is 0.450. The van der Waals surface area contributed by atoms with E-state index in [9.17, 15) is 9.59 Å². The van der Waals surface area contributed by atoms with E-state index in [0.29, 0.717) is 25.5 Å². The van der Waals surface area contributed by atoms with Gasteiger partial charge < -0.3 is 25.3 Å². The number of hydrogen-bond acceptors (Lipinski definition) is 6. The Bertz CT molecular complexity index is 990. The molecular formula is C41H78N6O2. The van der Waals surface area contributed by atoms with Gasteiger partial charge in [0.2, 0.25) is 12.3 Å². The molecule has 2 heterocycles. The number of hydrogen-bond donors (Lipinski definition) is 2. The molecule has 2 saturated heterocycles. The molecule has 2 N–H and O–H groups in total. The molecule has 2 aliphatic rings. The zero-order valence-corrected chi connectivity index (χ0v) is 34.0. The van der Waals surface area contributed by atoms with Crippen molar-refractivity contribution in [3.63, 3.8) is 0 Å². The van der Waals surface area contributed by atoms with Crippen LogP contribution in [0, 0.1) is 5.41 Å². The number of nitrogens with zero attached hydrogens (tertiary/aromatic N) is 4. The topological polar surface area (TPSA) is 71.2 Å². The van der Waals surface area contributed by atoms with E-state index in [2.05, 4.69) is 102 Å². The number of allylic oxidation sites excluding steroid dienone is 2. The van der Waals surface area contributed by atoms with Crippen molar-refractivity contribution in [1.29, 1.82) is 0 Å². The molecule has 0 spiro atoms. The minimum absolute atomic E-state index is 0.112. The van der Waals surface area contributed by atoms with Gasteiger partial charge in [0.25, 0.3) is 0 Å². The van der Waals surface area contributed by atoms with Gasteiger partial charge in [-0.3, -0.25) is 14.5 Å². The van der Waals surface area contributed by atoms with E-state index in [4.69, 9.17) is 0 Å². The van der Waals surface area contributed by atoms with Gasteiger partial charge in [-0.15, -0.1) is 0 Å². The van der Waals surface area contributed by atoms with E-state index in [1.807, 2.05) is 49.9 Å². The van der Waals surface area contributed by atoms with Crippen molar-refractivity contribution in [2.45, 2.75) is 139 Å². The summed E-state index contributed by atoms with van der Waals surface area (Å²) in [5.74, 6) is 0.112. The van der Waals surface area contributed by atoms with Crippen LogP contribution in [0.5, 0.6) is 0 Å². The Balaban J connectivity index is 0. The minimum atomic E-state index is -0.313. The van der Waals surface area contributed by atoms with Crippen molar-refractivity contribution in [3.8, 4) is 0 Å². The summed E-state index contributed by atoms with van der Waals surface area (Å²) < 4.78 is 0. The second-order valence-corrected chi connectivity index (χ2v) is 14.1. The maximum atomic E-state index is 13.5. The van der Waals surface area contributed by atoms with Crippen LogP contribution in [0.15, 0.2) is 61.3 Å². The molecule has 2 rings (SSSR count). The number of nitrogens with one attached hydrogen (secondary N) is 2. The fraction of sp³-hybridized carbons (Fsp3) is 0.707. The Hall–Kier alpha value is -3.00. The molecule has 284 valence electrons. The smallest absolute Gasteiger partial charge is 0.245 e. The highest BCUT2D eigenvalue weighted by Gasteiger charge is 2.36. The summed E-state index contributed by atoms with van der Waals surface area (Å²) in [6.07, 6.45) is 16.7. The summed E-state index contributed by atoms with van der Waals surface area (Å²) in [5.41, 5.74) is 3.01. The van der Waals surface area contributed by atoms with Gasteiger partial charge in [0, 0.05) is 63.2 Å². The molecule has 2 amide bonds. The predicted octanol–water partition coefficient (Wildman–Crippen LogP) is 8.33. The van der Waals surface area contributed by atoms with Crippen LogP contribution in [-0.2, 0) is 9.59 Å². The molecule has 0 radical (unpaired) electrons. The van der Waals surface area contributed by atoms with E-state index in [-0.39, 0.29) is 23.4 Å². The van der Waals surface area contributed by atoms with E-state index < -0.39 is 0 Å². The lowest BCUT2D eigenvalue weighted by atomic mass is 9.85. The van der Waals surface area contributed by atoms with Gasteiger partial charge in [-0.1, -0.05) is 93.2 Å². The van der Waals surface area contributed by atoms with E-state index in [1.54, 1.807) is 6.20 Å². The quantitative estimate of drug-likeness (QED) is 0.0967. The van der Waals surface area contributed by atoms with E-state index >= 15 is 0 Å². The van der Waals surface area contributed by atoms with Gasteiger partial charge in [-0.25, -0.2) is 0 Å². The van der Waals surface area contributed by atoms with Crippen molar-refractivity contribution in [1.82, 2.24) is 30.2 Å². The monoisotopic (exact) mass is 687 g/mol. The van der Waals surface area contributed by atoms with Gasteiger partial charge in [0.1, 0.15) is 6.04 Å². The molecule has 0 aromatic carbocycles. The Labute approximate surface area is 303 Å². The molecule has 2 atom stereocenters. The Morgan fingerprint density at radius 3 is 2.10 bits per heavy atom. The number of likely N-dealkylation sites (N-methyl/N-ethyl adjacent to an activating group) is 1. The van der Waals surface area contributed by atoms with Crippen LogP contribution < -0.4 is 10.6 Å². The molecule has 2 unspecified atom stereocenters. The highest BCUT2D eigenvalue weighted by atomic mass is 16.2. The normalized spacial score (nSPS) is 17.0. The number of piperidine rings is 1. The second-order valence-electron chi connectivity index (χ2n) is 14.1. The van der Waals surface area contributed by atoms with Crippen molar-refractivity contribution < 1.29 is 9.59 Å². The second kappa shape index (κ2) is 27.8. The molecule has 0 aromatic heterocycles. The van der Waals surface area contributed by atoms with Crippen LogP contribution in [0.1, 0.15) is 121 Å². The van der Waals surface area contributed by atoms with Crippen LogP contribution >= 0.6 is 0 Å². The first-order chi connectivity index (χ1) is 23.2. The molecule has 2 fully saturated rings. The third kappa shape index (κ3) is 19.7. The lowest BCUT2D eigenvalue weighted by Gasteiger charge is -2.42. The largest absolute Gasteiger partial charge is 0.376 e. The molecule has 8 heteroatoms. The highest BCUT2D eigenvalue weighted by Crippen LogP contribution is 2.27. The number of carbonyl (C=O) groups excluding carboxylic acids is 2. The van der Waals surface area contributed by atoms with Gasteiger partial charge in [0.15, 0.2) is 0 Å². The SMILES string of the molecule is C=C(NC(C(=O)N(C)C/C=C(\C)C(=C)N1CCCC1)C(C)(C)C)C1CCCCN1C(C)C.C=CN(/C=C\C)CCCNC=O.CC.CCC. The highest BCUT2D eigenvalue weighted by molar-refractivity contribution is 5.83. The standard InChI is InChI=1S/C27H48N4O.C9H16N2O.C3H8.C2H6/c1-20(2)31-18-11-10-14-24(31)22(4)28-25(27(6,7)8)26(32)29(9)19-15-21(3)23(5)30-16-12-13-17-30;1-3-7-11(4-2)8-5-6-10-9-12;1-3-2;1-2/h15,20,24-25,28H,4-5,10-14,16-19H2,1-3,6-9H3;3-4,7,9H,2,5-6,8H2,1H3,(H,10,12);3H2,1-2H3;1-2H3/b21-15+;7-3-;;. The molecule has 0 aromatic rings. The average molecular weight is 687 g/mol. The molecule has 0 saturated carbocycles. The van der Waals surface area contributed by atoms with Gasteiger partial charge >= 0.3 is 0 Å². The first-order valence-corrected chi connectivity index (χ1v) is 18.9. The predicted molar refractivity (Wildman–Crippen MR) is 214 cm³/mol. The van der Waals surface area contributed by atoms with Crippen LogP contribution in [0.4, 0.5) is 0 Å². The van der Waals surface area contributed by atoms with Gasteiger partial charge in [-0.05, 0) is 89.7 Å². The fourth-order valence-corrected chi connectivity index (χ4v) is 5.66. The van der Waals surface area contributed by atoms with Crippen molar-refractivity contribution in [2.75, 3.05) is 46.3 Å². The first kappa shape index (κ1) is 48.1. The van der Waals surface area contributed by atoms with Crippen LogP contribution in [0.3, 0.4) is 0 Å². The van der Waals surface area contributed by atoms with Gasteiger partial charge in [-0.2, -0.15) is 0 Å². The summed E-state index contributed by atoms with van der Waals surface area (Å²) in [5, 5.41) is 6.18. The molecule has 0 bridgehead atoms. The third-order valence-electron chi connectivity index (χ3n) is 8.44. The zero-order valence-electron chi connectivity index (χ0n) is 34.0. The van der Waals surface area contributed by atoms with Crippen molar-refractivity contribution in [3.05, 3.63) is 61.3 Å². The third-order valence-corrected chi connectivity index (χ3v) is 8.44. The maximum absolute atomic E-state index is 13.5. The molecule has 8 nitrogen and oxygen atoms in total. The Morgan fingerprint density at radius 1 is 1.04 bits per heavy atom. The lowest BCUT2D eigenvalue weighted by Crippen LogP contribution is -2.55. The maximum Gasteiger partial charge on any atom is 0.245 e. The Kier molecular flexibility index (Phi) is 27.3. The van der Waals surface area contributed by atoms with Crippen molar-refractivity contribution in [2.24, 2.45) is 5.41 Å². The summed E-state index contributed by atoms with van der Waals surface area (Å²) in [4.78, 5) is 32.1. The van der Waals surface area contributed by atoms with Gasteiger partial charge in [0.05, 0.1) is 0 Å². The Morgan fingerprint density at radius 2 is 1.61 bits per heavy atom. The van der Waals surface area contributed by atoms with E-state index in [1.165, 1.54) is 32.1 Å². The fourth-order valence-electron chi connectivity index (χ4n) is 5.66. The number of likely N-dealkylation sites (tertiary alicyclic amines) is 2. The zero-order chi connectivity index (χ0) is 38.0. The van der Waals surface area contributed by atoms with Crippen LogP contribution in [0.2, 0.25) is 0 Å². The van der Waals surface area contributed by atoms with Crippen molar-refractivity contribution >= 4 is 12.3 Å². The van der Waals surface area contributed by atoms with Crippen LogP contribution in [0.25, 0.3) is 0 Å². The molecule has 0 aliphatic carbocycles. The lowest BCUT2D eigenvalue weighted by molar-refractivity contribution is -0.134. The molecule has 2 aliphatic heterocycles. The summed E-state index contributed by atoms with van der Waals surface area (Å²) in [6.45, 7) is 41.0. The number of rotatable bonds is 16. The average Bonchev–Trinajstić information content (AvgIpc) is 3.63. The number of carbonyl (C=O) groups is 2.